The van der Waals surface area contributed by atoms with Gasteiger partial charge in [0.2, 0.25) is 17.7 Å². The molecule has 5 N–H and O–H groups in total. The van der Waals surface area contributed by atoms with Gasteiger partial charge in [0.15, 0.2) is 24.1 Å². The van der Waals surface area contributed by atoms with Crippen LogP contribution in [-0.4, -0.2) is 69.0 Å². The maximum atomic E-state index is 13.9. The highest BCUT2D eigenvalue weighted by molar-refractivity contribution is 6.36. The summed E-state index contributed by atoms with van der Waals surface area (Å²) < 4.78 is 83.9. The minimum Gasteiger partial charge on any atom is -0.480 e. The second-order valence-electron chi connectivity index (χ2n) is 11.9. The third-order valence-electron chi connectivity index (χ3n) is 7.92. The Labute approximate surface area is 306 Å². The zero-order chi connectivity index (χ0) is 39.2. The first-order valence-electron chi connectivity index (χ1n) is 15.9. The van der Waals surface area contributed by atoms with E-state index in [-0.39, 0.29) is 29.6 Å². The summed E-state index contributed by atoms with van der Waals surface area (Å²) in [5.41, 5.74) is -0.0319. The number of carboxylic acids is 1. The Morgan fingerprint density at radius 3 is 2.19 bits per heavy atom. The second-order valence-corrected chi connectivity index (χ2v) is 12.4. The summed E-state index contributed by atoms with van der Waals surface area (Å²) >= 11 is 6.00. The summed E-state index contributed by atoms with van der Waals surface area (Å²) in [7, 11) is 0. The molecule has 1 atom stereocenters. The van der Waals surface area contributed by atoms with Crippen molar-refractivity contribution in [1.29, 1.82) is 0 Å². The number of benzene rings is 3. The van der Waals surface area contributed by atoms with Gasteiger partial charge in [-0.25, -0.2) is 18.0 Å². The van der Waals surface area contributed by atoms with E-state index in [1.807, 2.05) is 0 Å². The van der Waals surface area contributed by atoms with E-state index in [2.05, 4.69) is 36.2 Å². The highest BCUT2D eigenvalue weighted by Crippen LogP contribution is 2.48. The zero-order valence-electron chi connectivity index (χ0n) is 27.6. The minimum atomic E-state index is -4.67. The molecule has 5 rings (SSSR count). The van der Waals surface area contributed by atoms with Gasteiger partial charge in [-0.15, -0.1) is 0 Å². The van der Waals surface area contributed by atoms with Gasteiger partial charge in [0.25, 0.3) is 11.8 Å². The summed E-state index contributed by atoms with van der Waals surface area (Å²) in [6.07, 6.45) is -4.59. The first kappa shape index (κ1) is 39.2. The van der Waals surface area contributed by atoms with Gasteiger partial charge in [-0.2, -0.15) is 28.1 Å². The first-order valence-corrected chi connectivity index (χ1v) is 16.2. The predicted octanol–water partition coefficient (Wildman–Crippen LogP) is 5.23. The average molecular weight is 780 g/mol. The number of ketones is 1. The molecule has 0 unspecified atom stereocenters. The Bertz CT molecular complexity index is 2050. The van der Waals surface area contributed by atoms with Crippen molar-refractivity contribution in [1.82, 2.24) is 25.6 Å². The van der Waals surface area contributed by atoms with Crippen molar-refractivity contribution in [3.8, 4) is 6.01 Å². The van der Waals surface area contributed by atoms with Crippen LogP contribution in [0.25, 0.3) is 0 Å². The summed E-state index contributed by atoms with van der Waals surface area (Å²) in [6, 6.07) is 11.6. The number of hydrogen-bond donors (Lipinski definition) is 5. The number of anilines is 3. The van der Waals surface area contributed by atoms with Crippen molar-refractivity contribution in [3.63, 3.8) is 0 Å². The van der Waals surface area contributed by atoms with Crippen molar-refractivity contribution in [2.45, 2.75) is 43.4 Å². The first-order chi connectivity index (χ1) is 25.5. The van der Waals surface area contributed by atoms with Gasteiger partial charge < -0.3 is 31.1 Å². The van der Waals surface area contributed by atoms with Crippen LogP contribution in [0.4, 0.5) is 43.9 Å². The topological polar surface area (TPSA) is 185 Å². The third-order valence-corrected chi connectivity index (χ3v) is 8.17. The van der Waals surface area contributed by atoms with Gasteiger partial charge in [-0.05, 0) is 72.9 Å². The lowest BCUT2D eigenvalue weighted by Crippen LogP contribution is -2.43. The Morgan fingerprint density at radius 1 is 0.889 bits per heavy atom. The number of carbonyl (C=O) groups is 4. The van der Waals surface area contributed by atoms with Gasteiger partial charge in [-0.1, -0.05) is 29.8 Å². The molecule has 0 bridgehead atoms. The van der Waals surface area contributed by atoms with E-state index < -0.39 is 89.9 Å². The fourth-order valence-corrected chi connectivity index (χ4v) is 5.12. The molecule has 284 valence electrons. The number of amides is 2. The predicted molar refractivity (Wildman–Crippen MR) is 179 cm³/mol. The number of alkyl halides is 3. The minimum absolute atomic E-state index is 0.00888. The third kappa shape index (κ3) is 10.3. The molecule has 1 aliphatic carbocycles. The molecular weight excluding hydrogens is 752 g/mol. The van der Waals surface area contributed by atoms with Crippen molar-refractivity contribution in [3.05, 3.63) is 99.8 Å². The number of carbonyl (C=O) groups excluding carboxylic acids is 3. The van der Waals surface area contributed by atoms with Crippen molar-refractivity contribution in [2.24, 2.45) is 0 Å². The molecule has 1 aromatic heterocycles. The number of Topliss-reactive ketones (excluding diaryl/α,β-unsaturated/α-hetero) is 1. The Kier molecular flexibility index (Phi) is 11.9. The lowest BCUT2D eigenvalue weighted by molar-refractivity contribution is -0.154. The molecule has 0 radical (unpaired) electrons. The Balaban J connectivity index is 1.19. The maximum absolute atomic E-state index is 13.9. The number of nitrogens with one attached hydrogen (secondary N) is 4. The van der Waals surface area contributed by atoms with E-state index in [1.165, 1.54) is 24.3 Å². The Hall–Kier alpha value is -5.98. The average Bonchev–Trinajstić information content (AvgIpc) is 3.90. The van der Waals surface area contributed by atoms with Crippen LogP contribution < -0.4 is 26.0 Å². The molecule has 54 heavy (non-hydrogen) atoms. The molecule has 0 saturated heterocycles. The molecule has 3 aromatic carbocycles. The molecule has 20 heteroatoms. The highest BCUT2D eigenvalue weighted by Gasteiger charge is 2.45. The quantitative estimate of drug-likeness (QED) is 0.0570. The fraction of sp³-hybridized carbons (Fsp3) is 0.265. The van der Waals surface area contributed by atoms with Crippen molar-refractivity contribution < 1.29 is 55.4 Å². The van der Waals surface area contributed by atoms with Crippen LogP contribution in [0.3, 0.4) is 0 Å². The van der Waals surface area contributed by atoms with Gasteiger partial charge in [0.1, 0.15) is 6.04 Å². The van der Waals surface area contributed by atoms with E-state index in [1.54, 1.807) is 24.3 Å². The zero-order valence-corrected chi connectivity index (χ0v) is 28.3. The summed E-state index contributed by atoms with van der Waals surface area (Å²) in [5, 5.41) is 20.5. The van der Waals surface area contributed by atoms with E-state index in [0.29, 0.717) is 23.9 Å². The molecule has 2 amide bonds. The molecular formula is C34H28ClF6N7O6. The van der Waals surface area contributed by atoms with Crippen LogP contribution in [0.2, 0.25) is 5.02 Å². The number of hydrogen-bond acceptors (Lipinski definition) is 10. The fourth-order valence-electron chi connectivity index (χ4n) is 4.99. The monoisotopic (exact) mass is 779 g/mol. The van der Waals surface area contributed by atoms with Crippen LogP contribution in [0.15, 0.2) is 60.7 Å². The molecule has 4 aromatic rings. The van der Waals surface area contributed by atoms with Gasteiger partial charge >= 0.3 is 18.2 Å². The largest absolute Gasteiger partial charge is 0.480 e. The van der Waals surface area contributed by atoms with E-state index in [4.69, 9.17) is 16.3 Å². The normalized spacial score (nSPS) is 13.7. The lowest BCUT2D eigenvalue weighted by Gasteiger charge is -2.19. The van der Waals surface area contributed by atoms with E-state index >= 15 is 0 Å². The number of aromatic nitrogens is 3. The van der Waals surface area contributed by atoms with E-state index in [9.17, 15) is 50.6 Å². The highest BCUT2D eigenvalue weighted by atomic mass is 35.5. The van der Waals surface area contributed by atoms with Crippen LogP contribution in [-0.2, 0) is 26.3 Å². The van der Waals surface area contributed by atoms with Crippen LogP contribution in [0.1, 0.15) is 40.7 Å². The summed E-state index contributed by atoms with van der Waals surface area (Å²) in [4.78, 5) is 61.1. The molecule has 1 aliphatic rings. The van der Waals surface area contributed by atoms with Crippen molar-refractivity contribution >= 4 is 52.8 Å². The maximum Gasteiger partial charge on any atom is 0.422 e. The number of rotatable bonds is 16. The number of carboxylic acid groups (broad SMARTS) is 1. The van der Waals surface area contributed by atoms with E-state index in [0.717, 1.165) is 11.6 Å². The van der Waals surface area contributed by atoms with Crippen molar-refractivity contribution in [2.75, 3.05) is 23.8 Å². The molecule has 0 spiro atoms. The number of ether oxygens (including phenoxy) is 1. The summed E-state index contributed by atoms with van der Waals surface area (Å²) in [6.45, 7) is -2.08. The standard InChI is InChI=1S/C34H28ClF6N7O6/c35-20-6-4-19(5-7-20)33(12-13-33)48-31-45-30(46-32(47-31)54-16-34(39,40)41)43-21-8-1-17(2-9-21)27(50)44-23(29(52)53)11-14-42-28(51)24(49)15-18-3-10-22(36)26(38)25(18)37/h1-10,23H,11-16H2,(H,42,51)(H,44,50)(H,52,53)(H2,43,45,46,47,48)/t23-/m1/s1. The van der Waals surface area contributed by atoms with Crippen LogP contribution in [0.5, 0.6) is 6.01 Å². The van der Waals surface area contributed by atoms with Gasteiger partial charge in [0.05, 0.1) is 5.54 Å². The second kappa shape index (κ2) is 16.4. The molecule has 1 heterocycles. The van der Waals surface area contributed by atoms with Gasteiger partial charge in [-0.3, -0.25) is 14.4 Å². The molecule has 13 nitrogen and oxygen atoms in total. The van der Waals surface area contributed by atoms with Gasteiger partial charge in [0, 0.05) is 29.2 Å². The number of halogens is 7. The van der Waals surface area contributed by atoms with Crippen LogP contribution in [0, 0.1) is 17.5 Å². The molecule has 1 fully saturated rings. The molecule has 0 aliphatic heterocycles. The number of nitrogens with zero attached hydrogens (tertiary/aromatic N) is 3. The smallest absolute Gasteiger partial charge is 0.422 e. The number of aliphatic carboxylic acids is 1. The van der Waals surface area contributed by atoms with Crippen LogP contribution >= 0.6 is 11.6 Å². The lowest BCUT2D eigenvalue weighted by atomic mass is 10.1. The molecule has 1 saturated carbocycles. The summed E-state index contributed by atoms with van der Waals surface area (Å²) in [5.74, 6) is -9.94. The SMILES string of the molecule is O=C(Cc1ccc(F)c(F)c1F)C(=O)NCC[C@@H](NC(=O)c1ccc(Nc2nc(NC3(c4ccc(Cl)cc4)CC3)nc(OCC(F)(F)F)n2)cc1)C(=O)O. The Morgan fingerprint density at radius 2 is 1.56 bits per heavy atom.